The summed E-state index contributed by atoms with van der Waals surface area (Å²) >= 11 is 0. The molecule has 0 aromatic carbocycles. The van der Waals surface area contributed by atoms with Gasteiger partial charge in [0.15, 0.2) is 0 Å². The molecule has 3 rings (SSSR count). The van der Waals surface area contributed by atoms with Crippen molar-refractivity contribution in [3.8, 4) is 5.69 Å². The van der Waals surface area contributed by atoms with E-state index in [4.69, 9.17) is 4.74 Å². The van der Waals surface area contributed by atoms with E-state index in [-0.39, 0.29) is 0 Å². The molecule has 1 aliphatic rings. The van der Waals surface area contributed by atoms with Gasteiger partial charge in [-0.25, -0.2) is 0 Å². The lowest BCUT2D eigenvalue weighted by Crippen LogP contribution is -2.46. The van der Waals surface area contributed by atoms with Crippen LogP contribution in [0.25, 0.3) is 5.69 Å². The highest BCUT2D eigenvalue weighted by atomic mass is 16.5. The average Bonchev–Trinajstić information content (AvgIpc) is 3.03. The van der Waals surface area contributed by atoms with E-state index in [0.717, 1.165) is 45.9 Å². The molecule has 3 heterocycles. The minimum absolute atomic E-state index is 0.824. The van der Waals surface area contributed by atoms with Gasteiger partial charge in [0.1, 0.15) is 0 Å². The minimum Gasteiger partial charge on any atom is -0.383 e. The van der Waals surface area contributed by atoms with Gasteiger partial charge in [0.2, 0.25) is 0 Å². The van der Waals surface area contributed by atoms with Gasteiger partial charge in [-0.1, -0.05) is 0 Å². The highest BCUT2D eigenvalue weighted by Gasteiger charge is 2.17. The molecule has 2 aromatic rings. The Labute approximate surface area is 132 Å². The van der Waals surface area contributed by atoms with Crippen LogP contribution in [0.2, 0.25) is 0 Å². The number of rotatable bonds is 6. The van der Waals surface area contributed by atoms with E-state index >= 15 is 0 Å². The van der Waals surface area contributed by atoms with E-state index in [1.54, 1.807) is 7.11 Å². The fourth-order valence-electron chi connectivity index (χ4n) is 2.92. The molecule has 5 nitrogen and oxygen atoms in total. The van der Waals surface area contributed by atoms with Crippen molar-refractivity contribution in [3.05, 3.63) is 48.5 Å². The van der Waals surface area contributed by atoms with Crippen molar-refractivity contribution >= 4 is 0 Å². The Morgan fingerprint density at radius 1 is 1.05 bits per heavy atom. The Hall–Kier alpha value is -1.69. The lowest BCUT2D eigenvalue weighted by Gasteiger charge is -2.34. The van der Waals surface area contributed by atoms with Crippen LogP contribution in [0.1, 0.15) is 5.69 Å². The number of ether oxygens (including phenoxy) is 1. The van der Waals surface area contributed by atoms with Crippen LogP contribution in [0.5, 0.6) is 0 Å². The van der Waals surface area contributed by atoms with Crippen LogP contribution in [0.15, 0.2) is 42.9 Å². The molecule has 0 spiro atoms. The summed E-state index contributed by atoms with van der Waals surface area (Å²) in [6, 6.07) is 8.42. The lowest BCUT2D eigenvalue weighted by molar-refractivity contribution is 0.0930. The van der Waals surface area contributed by atoms with Crippen LogP contribution >= 0.6 is 0 Å². The van der Waals surface area contributed by atoms with Crippen molar-refractivity contribution in [2.45, 2.75) is 6.54 Å². The van der Waals surface area contributed by atoms with Gasteiger partial charge in [-0.15, -0.1) is 0 Å². The summed E-state index contributed by atoms with van der Waals surface area (Å²) in [7, 11) is 1.77. The fourth-order valence-corrected chi connectivity index (χ4v) is 2.92. The van der Waals surface area contributed by atoms with E-state index in [9.17, 15) is 0 Å². The second kappa shape index (κ2) is 7.54. The van der Waals surface area contributed by atoms with Crippen molar-refractivity contribution in [1.29, 1.82) is 0 Å². The van der Waals surface area contributed by atoms with E-state index in [1.807, 2.05) is 24.5 Å². The summed E-state index contributed by atoms with van der Waals surface area (Å²) in [5.41, 5.74) is 2.50. The minimum atomic E-state index is 0.824. The zero-order valence-corrected chi connectivity index (χ0v) is 13.2. The maximum Gasteiger partial charge on any atom is 0.0589 e. The molecule has 0 atom stereocenters. The summed E-state index contributed by atoms with van der Waals surface area (Å²) in [4.78, 5) is 9.09. The zero-order chi connectivity index (χ0) is 15.2. The summed E-state index contributed by atoms with van der Waals surface area (Å²) < 4.78 is 7.41. The standard InChI is InChI=1S/C17H24N4O/c1-22-14-13-19-9-11-20(12-10-19)15-17-3-2-8-21(17)16-4-6-18-7-5-16/h2-8H,9-15H2,1H3. The van der Waals surface area contributed by atoms with Gasteiger partial charge in [-0.3, -0.25) is 14.8 Å². The third-order valence-electron chi connectivity index (χ3n) is 4.24. The van der Waals surface area contributed by atoms with E-state index in [2.05, 4.69) is 37.7 Å². The van der Waals surface area contributed by atoms with Crippen LogP contribution in [-0.2, 0) is 11.3 Å². The van der Waals surface area contributed by atoms with Gasteiger partial charge >= 0.3 is 0 Å². The Bertz CT molecular complexity index is 561. The number of pyridine rings is 1. The van der Waals surface area contributed by atoms with Crippen LogP contribution in [0, 0.1) is 0 Å². The molecule has 5 heteroatoms. The first-order chi connectivity index (χ1) is 10.9. The first-order valence-electron chi connectivity index (χ1n) is 7.87. The number of aromatic nitrogens is 2. The maximum atomic E-state index is 5.16. The van der Waals surface area contributed by atoms with Crippen LogP contribution in [0.3, 0.4) is 0 Å². The van der Waals surface area contributed by atoms with Gasteiger partial charge in [0.25, 0.3) is 0 Å². The van der Waals surface area contributed by atoms with Crippen LogP contribution < -0.4 is 0 Å². The molecule has 0 aliphatic carbocycles. The lowest BCUT2D eigenvalue weighted by atomic mass is 10.3. The van der Waals surface area contributed by atoms with Crippen molar-refractivity contribution in [2.75, 3.05) is 46.4 Å². The quantitative estimate of drug-likeness (QED) is 0.812. The van der Waals surface area contributed by atoms with E-state index in [0.29, 0.717) is 0 Å². The van der Waals surface area contributed by atoms with Gasteiger partial charge in [0.05, 0.1) is 6.61 Å². The molecule has 0 unspecified atom stereocenters. The third kappa shape index (κ3) is 3.74. The highest BCUT2D eigenvalue weighted by molar-refractivity contribution is 5.32. The maximum absolute atomic E-state index is 5.16. The topological polar surface area (TPSA) is 33.5 Å². The second-order valence-electron chi connectivity index (χ2n) is 5.69. The van der Waals surface area contributed by atoms with Crippen molar-refractivity contribution in [2.24, 2.45) is 0 Å². The third-order valence-corrected chi connectivity index (χ3v) is 4.24. The monoisotopic (exact) mass is 300 g/mol. The van der Waals surface area contributed by atoms with Crippen LogP contribution in [-0.4, -0.2) is 65.8 Å². The largest absolute Gasteiger partial charge is 0.383 e. The van der Waals surface area contributed by atoms with Gasteiger partial charge in [-0.2, -0.15) is 0 Å². The Balaban J connectivity index is 1.58. The van der Waals surface area contributed by atoms with E-state index < -0.39 is 0 Å². The SMILES string of the molecule is COCCN1CCN(Cc2cccn2-c2ccncc2)CC1. The summed E-state index contributed by atoms with van der Waals surface area (Å²) in [5.74, 6) is 0. The molecule has 0 radical (unpaired) electrons. The predicted molar refractivity (Wildman–Crippen MR) is 87.2 cm³/mol. The highest BCUT2D eigenvalue weighted by Crippen LogP contribution is 2.14. The molecule has 22 heavy (non-hydrogen) atoms. The molecule has 2 aromatic heterocycles. The molecular weight excluding hydrogens is 276 g/mol. The fraction of sp³-hybridized carbons (Fsp3) is 0.471. The first kappa shape index (κ1) is 15.2. The molecule has 1 fully saturated rings. The average molecular weight is 300 g/mol. The Morgan fingerprint density at radius 2 is 1.77 bits per heavy atom. The molecule has 1 aliphatic heterocycles. The predicted octanol–water partition coefficient (Wildman–Crippen LogP) is 1.64. The first-order valence-corrected chi connectivity index (χ1v) is 7.87. The summed E-state index contributed by atoms with van der Waals surface area (Å²) in [6.45, 7) is 7.34. The Kier molecular flexibility index (Phi) is 5.21. The second-order valence-corrected chi connectivity index (χ2v) is 5.69. The molecule has 118 valence electrons. The molecule has 0 N–H and O–H groups in total. The van der Waals surface area contributed by atoms with Crippen molar-refractivity contribution in [1.82, 2.24) is 19.4 Å². The Morgan fingerprint density at radius 3 is 2.50 bits per heavy atom. The smallest absolute Gasteiger partial charge is 0.0589 e. The number of methoxy groups -OCH3 is 1. The number of hydrogen-bond donors (Lipinski definition) is 0. The number of hydrogen-bond acceptors (Lipinski definition) is 4. The summed E-state index contributed by atoms with van der Waals surface area (Å²) in [6.07, 6.45) is 5.81. The van der Waals surface area contributed by atoms with Crippen molar-refractivity contribution in [3.63, 3.8) is 0 Å². The number of piperazine rings is 1. The molecule has 0 saturated carbocycles. The number of nitrogens with zero attached hydrogens (tertiary/aromatic N) is 4. The molecule has 1 saturated heterocycles. The van der Waals surface area contributed by atoms with Crippen molar-refractivity contribution < 1.29 is 4.74 Å². The van der Waals surface area contributed by atoms with Gasteiger partial charge in [-0.05, 0) is 24.3 Å². The summed E-state index contributed by atoms with van der Waals surface area (Å²) in [5, 5.41) is 0. The molecular formula is C17H24N4O. The normalized spacial score (nSPS) is 17.0. The van der Waals surface area contributed by atoms with Gasteiger partial charge in [0, 0.05) is 76.4 Å². The van der Waals surface area contributed by atoms with E-state index in [1.165, 1.54) is 11.4 Å². The van der Waals surface area contributed by atoms with Gasteiger partial charge < -0.3 is 9.30 Å². The van der Waals surface area contributed by atoms with Crippen LogP contribution in [0.4, 0.5) is 0 Å². The zero-order valence-electron chi connectivity index (χ0n) is 13.2. The molecule has 0 bridgehead atoms. The molecule has 0 amide bonds.